The predicted molar refractivity (Wildman–Crippen MR) is 104 cm³/mol. The van der Waals surface area contributed by atoms with Gasteiger partial charge in [-0.1, -0.05) is 48.0 Å². The fourth-order valence-electron chi connectivity index (χ4n) is 2.59. The molecule has 132 valence electrons. The number of nitrogens with one attached hydrogen (secondary N) is 1. The van der Waals surface area contributed by atoms with E-state index in [2.05, 4.69) is 17.0 Å². The Bertz CT molecular complexity index is 950. The number of rotatable bonds is 4. The Kier molecular flexibility index (Phi) is 5.01. The molecule has 2 aromatic rings. The first-order valence-electron chi connectivity index (χ1n) is 7.71. The lowest BCUT2D eigenvalue weighted by Gasteiger charge is -2.27. The quantitative estimate of drug-likeness (QED) is 0.379. The number of thiocarbonyl (C=S) groups is 1. The highest BCUT2D eigenvalue weighted by Crippen LogP contribution is 2.31. The van der Waals surface area contributed by atoms with Gasteiger partial charge >= 0.3 is 0 Å². The van der Waals surface area contributed by atoms with Crippen molar-refractivity contribution >= 4 is 46.8 Å². The number of hydrogen-bond acceptors (Lipinski definition) is 4. The summed E-state index contributed by atoms with van der Waals surface area (Å²) in [7, 11) is 1.69. The van der Waals surface area contributed by atoms with E-state index in [-0.39, 0.29) is 17.2 Å². The maximum atomic E-state index is 12.7. The first kappa shape index (κ1) is 18.0. The standard InChI is InChI=1S/C18H15ClN4O2S/c1-3-9-23-17(25)13(16(24)20-18(23)26)10-12-14(21-22(2)15(12)19)11-7-5-4-6-8-11/h3-8,10H,1,9H2,2H3,(H,20,24,26)/b13-10+. The lowest BCUT2D eigenvalue weighted by Crippen LogP contribution is -2.53. The van der Waals surface area contributed by atoms with Crippen LogP contribution in [0.2, 0.25) is 5.15 Å². The fraction of sp³-hybridized carbons (Fsp3) is 0.111. The first-order valence-corrected chi connectivity index (χ1v) is 8.50. The van der Waals surface area contributed by atoms with Gasteiger partial charge in [0.1, 0.15) is 16.4 Å². The molecule has 3 rings (SSSR count). The monoisotopic (exact) mass is 386 g/mol. The molecule has 1 saturated heterocycles. The van der Waals surface area contributed by atoms with E-state index in [1.807, 2.05) is 30.3 Å². The highest BCUT2D eigenvalue weighted by atomic mass is 35.5. The Hall–Kier alpha value is -2.77. The largest absolute Gasteiger partial charge is 0.298 e. The average molecular weight is 387 g/mol. The second kappa shape index (κ2) is 7.23. The Morgan fingerprint density at radius 2 is 2.00 bits per heavy atom. The number of hydrogen-bond donors (Lipinski definition) is 1. The minimum Gasteiger partial charge on any atom is -0.298 e. The van der Waals surface area contributed by atoms with Gasteiger partial charge in [0.05, 0.1) is 0 Å². The van der Waals surface area contributed by atoms with Gasteiger partial charge in [0.2, 0.25) is 0 Å². The zero-order chi connectivity index (χ0) is 18.8. The van der Waals surface area contributed by atoms with Crippen LogP contribution in [0.1, 0.15) is 5.56 Å². The molecule has 1 fully saturated rings. The molecule has 1 N–H and O–H groups in total. The third kappa shape index (κ3) is 3.18. The highest BCUT2D eigenvalue weighted by molar-refractivity contribution is 7.80. The fourth-order valence-corrected chi connectivity index (χ4v) is 3.02. The van der Waals surface area contributed by atoms with Gasteiger partial charge in [-0.3, -0.25) is 24.5 Å². The van der Waals surface area contributed by atoms with Crippen molar-refractivity contribution in [3.8, 4) is 11.3 Å². The molecule has 1 aliphatic heterocycles. The molecule has 0 radical (unpaired) electrons. The van der Waals surface area contributed by atoms with Crippen LogP contribution < -0.4 is 5.32 Å². The molecule has 26 heavy (non-hydrogen) atoms. The maximum Gasteiger partial charge on any atom is 0.265 e. The highest BCUT2D eigenvalue weighted by Gasteiger charge is 2.33. The predicted octanol–water partition coefficient (Wildman–Crippen LogP) is 2.55. The van der Waals surface area contributed by atoms with Gasteiger partial charge in [-0.25, -0.2) is 0 Å². The number of amides is 2. The summed E-state index contributed by atoms with van der Waals surface area (Å²) >= 11 is 11.4. The Morgan fingerprint density at radius 1 is 1.31 bits per heavy atom. The van der Waals surface area contributed by atoms with E-state index < -0.39 is 11.8 Å². The summed E-state index contributed by atoms with van der Waals surface area (Å²) in [6.07, 6.45) is 2.99. The van der Waals surface area contributed by atoms with E-state index in [0.717, 1.165) is 5.56 Å². The zero-order valence-corrected chi connectivity index (χ0v) is 15.5. The number of carbonyl (C=O) groups excluding carboxylic acids is 2. The van der Waals surface area contributed by atoms with Gasteiger partial charge in [-0.05, 0) is 18.3 Å². The number of aryl methyl sites for hydroxylation is 1. The summed E-state index contributed by atoms with van der Waals surface area (Å²) in [5.41, 5.74) is 1.83. The van der Waals surface area contributed by atoms with Gasteiger partial charge in [0.15, 0.2) is 5.11 Å². The number of aromatic nitrogens is 2. The lowest BCUT2D eigenvalue weighted by molar-refractivity contribution is -0.128. The minimum absolute atomic E-state index is 0.0533. The van der Waals surface area contributed by atoms with Crippen LogP contribution in [0, 0.1) is 0 Å². The first-order chi connectivity index (χ1) is 12.4. The van der Waals surface area contributed by atoms with Crippen LogP contribution in [0.15, 0.2) is 48.6 Å². The summed E-state index contributed by atoms with van der Waals surface area (Å²) in [6.45, 7) is 3.80. The molecular weight excluding hydrogens is 372 g/mol. The van der Waals surface area contributed by atoms with Crippen molar-refractivity contribution in [3.05, 3.63) is 59.3 Å². The van der Waals surface area contributed by atoms with E-state index in [1.165, 1.54) is 21.7 Å². The normalized spacial score (nSPS) is 16.2. The molecule has 2 heterocycles. The molecular formula is C18H15ClN4O2S. The molecule has 1 aromatic heterocycles. The van der Waals surface area contributed by atoms with Crippen LogP contribution in [0.25, 0.3) is 17.3 Å². The third-order valence-corrected chi connectivity index (χ3v) is 4.62. The van der Waals surface area contributed by atoms with E-state index in [9.17, 15) is 9.59 Å². The van der Waals surface area contributed by atoms with Crippen LogP contribution in [-0.2, 0) is 16.6 Å². The van der Waals surface area contributed by atoms with Crippen LogP contribution in [0.5, 0.6) is 0 Å². The lowest BCUT2D eigenvalue weighted by atomic mass is 10.0. The molecule has 2 amide bonds. The van der Waals surface area contributed by atoms with Crippen LogP contribution in [-0.4, -0.2) is 38.2 Å². The Balaban J connectivity index is 2.12. The van der Waals surface area contributed by atoms with Crippen LogP contribution in [0.4, 0.5) is 0 Å². The molecule has 1 aliphatic rings. The summed E-state index contributed by atoms with van der Waals surface area (Å²) in [6, 6.07) is 9.39. The molecule has 0 aliphatic carbocycles. The van der Waals surface area contributed by atoms with Crippen LogP contribution in [0.3, 0.4) is 0 Å². The van der Waals surface area contributed by atoms with Crippen molar-refractivity contribution in [2.24, 2.45) is 7.05 Å². The van der Waals surface area contributed by atoms with Crippen molar-refractivity contribution in [2.75, 3.05) is 6.54 Å². The van der Waals surface area contributed by atoms with E-state index in [4.69, 9.17) is 23.8 Å². The smallest absolute Gasteiger partial charge is 0.265 e. The Morgan fingerprint density at radius 3 is 2.65 bits per heavy atom. The summed E-state index contributed by atoms with van der Waals surface area (Å²) in [5.74, 6) is -1.07. The molecule has 0 bridgehead atoms. The van der Waals surface area contributed by atoms with E-state index in [0.29, 0.717) is 16.4 Å². The second-order valence-electron chi connectivity index (χ2n) is 5.56. The van der Waals surface area contributed by atoms with Gasteiger partial charge in [0, 0.05) is 24.7 Å². The molecule has 0 spiro atoms. The van der Waals surface area contributed by atoms with Crippen molar-refractivity contribution in [1.82, 2.24) is 20.0 Å². The van der Waals surface area contributed by atoms with Gasteiger partial charge < -0.3 is 0 Å². The summed E-state index contributed by atoms with van der Waals surface area (Å²) in [5, 5.41) is 7.29. The minimum atomic E-state index is -0.570. The van der Waals surface area contributed by atoms with Crippen molar-refractivity contribution in [3.63, 3.8) is 0 Å². The van der Waals surface area contributed by atoms with Crippen molar-refractivity contribution < 1.29 is 9.59 Å². The van der Waals surface area contributed by atoms with E-state index in [1.54, 1.807) is 7.05 Å². The SMILES string of the molecule is C=CCN1C(=O)/C(=C/c2c(-c3ccccc3)nn(C)c2Cl)C(=O)NC1=S. The molecule has 8 heteroatoms. The number of benzene rings is 1. The molecule has 0 unspecified atom stereocenters. The third-order valence-electron chi connectivity index (χ3n) is 3.84. The van der Waals surface area contributed by atoms with E-state index >= 15 is 0 Å². The summed E-state index contributed by atoms with van der Waals surface area (Å²) in [4.78, 5) is 26.3. The molecule has 0 atom stereocenters. The summed E-state index contributed by atoms with van der Waals surface area (Å²) < 4.78 is 1.49. The number of carbonyl (C=O) groups is 2. The molecule has 0 saturated carbocycles. The van der Waals surface area contributed by atoms with Gasteiger partial charge in [-0.2, -0.15) is 5.10 Å². The molecule has 1 aromatic carbocycles. The van der Waals surface area contributed by atoms with Gasteiger partial charge in [0.25, 0.3) is 11.8 Å². The topological polar surface area (TPSA) is 67.2 Å². The average Bonchev–Trinajstić information content (AvgIpc) is 2.91. The van der Waals surface area contributed by atoms with Crippen molar-refractivity contribution in [2.45, 2.75) is 0 Å². The Labute approximate surface area is 160 Å². The molecule has 6 nitrogen and oxygen atoms in total. The maximum absolute atomic E-state index is 12.7. The number of halogens is 1. The number of nitrogens with zero attached hydrogens (tertiary/aromatic N) is 3. The van der Waals surface area contributed by atoms with Crippen LogP contribution >= 0.6 is 23.8 Å². The van der Waals surface area contributed by atoms with Crippen molar-refractivity contribution in [1.29, 1.82) is 0 Å². The zero-order valence-electron chi connectivity index (χ0n) is 13.9. The second-order valence-corrected chi connectivity index (χ2v) is 6.31. The van der Waals surface area contributed by atoms with Gasteiger partial charge in [-0.15, -0.1) is 6.58 Å².